The first-order valence-electron chi connectivity index (χ1n) is 12.4. The molecule has 1 N–H and O–H groups in total. The summed E-state index contributed by atoms with van der Waals surface area (Å²) in [6.07, 6.45) is 3.21. The maximum Gasteiger partial charge on any atom is 0.289 e. The Morgan fingerprint density at radius 3 is 2.64 bits per heavy atom. The van der Waals surface area contributed by atoms with E-state index in [2.05, 4.69) is 35.0 Å². The number of carbonyl (C=O) groups excluding carboxylic acids is 2. The molecule has 39 heavy (non-hydrogen) atoms. The molecular formula is C26H33ClFN7O3Si. The van der Waals surface area contributed by atoms with Crippen molar-refractivity contribution >= 4 is 31.5 Å². The Balaban J connectivity index is 1.67. The van der Waals surface area contributed by atoms with E-state index in [4.69, 9.17) is 21.6 Å². The first-order valence-corrected chi connectivity index (χ1v) is 16.5. The molecule has 0 fully saturated rings. The molecule has 13 heteroatoms. The molecule has 2 aromatic heterocycles. The minimum absolute atomic E-state index is 0.00990. The molecule has 0 bridgehead atoms. The van der Waals surface area contributed by atoms with Crippen molar-refractivity contribution in [2.24, 2.45) is 0 Å². The van der Waals surface area contributed by atoms with E-state index in [1.807, 2.05) is 0 Å². The normalized spacial score (nSPS) is 12.2. The number of hydrogen-bond donors (Lipinski definition) is 1. The summed E-state index contributed by atoms with van der Waals surface area (Å²) < 4.78 is 23.1. The van der Waals surface area contributed by atoms with Crippen LogP contribution in [0.2, 0.25) is 30.7 Å². The van der Waals surface area contributed by atoms with Crippen molar-refractivity contribution in [3.63, 3.8) is 0 Å². The van der Waals surface area contributed by atoms with E-state index in [0.29, 0.717) is 24.4 Å². The smallest absolute Gasteiger partial charge is 0.289 e. The molecule has 2 heterocycles. The molecule has 0 spiro atoms. The van der Waals surface area contributed by atoms with Crippen molar-refractivity contribution in [3.8, 4) is 17.3 Å². The number of nitrogens with zero attached hydrogens (tertiary/aromatic N) is 6. The Morgan fingerprint density at radius 2 is 2.03 bits per heavy atom. The molecule has 1 atom stereocenters. The van der Waals surface area contributed by atoms with Gasteiger partial charge in [0.05, 0.1) is 17.3 Å². The van der Waals surface area contributed by atoms with E-state index in [-0.39, 0.29) is 40.8 Å². The Morgan fingerprint density at radius 1 is 1.31 bits per heavy atom. The third-order valence-corrected chi connectivity index (χ3v) is 7.76. The van der Waals surface area contributed by atoms with Crippen molar-refractivity contribution < 1.29 is 18.7 Å². The van der Waals surface area contributed by atoms with Crippen LogP contribution < -0.4 is 5.32 Å². The van der Waals surface area contributed by atoms with Crippen LogP contribution in [-0.4, -0.2) is 70.9 Å². The molecule has 1 aromatic carbocycles. The monoisotopic (exact) mass is 573 g/mol. The van der Waals surface area contributed by atoms with Crippen molar-refractivity contribution in [1.29, 1.82) is 5.26 Å². The Bertz CT molecular complexity index is 1370. The van der Waals surface area contributed by atoms with Crippen LogP contribution in [0, 0.1) is 17.1 Å². The van der Waals surface area contributed by atoms with Crippen molar-refractivity contribution in [2.75, 3.05) is 20.7 Å². The van der Waals surface area contributed by atoms with Crippen LogP contribution in [0.25, 0.3) is 11.3 Å². The average molecular weight is 574 g/mol. The van der Waals surface area contributed by atoms with Crippen LogP contribution in [0.4, 0.5) is 4.39 Å². The quantitative estimate of drug-likeness (QED) is 0.271. The number of nitriles is 1. The number of imidazole rings is 1. The molecule has 0 saturated carbocycles. The van der Waals surface area contributed by atoms with Crippen LogP contribution in [0.15, 0.2) is 30.6 Å². The Labute approximate surface area is 233 Å². The number of carbonyl (C=O) groups is 2. The fraction of sp³-hybridized carbons (Fsp3) is 0.423. The number of ether oxygens (including phenoxy) is 1. The first-order chi connectivity index (χ1) is 18.3. The van der Waals surface area contributed by atoms with Gasteiger partial charge in [0.15, 0.2) is 0 Å². The highest BCUT2D eigenvalue weighted by atomic mass is 35.5. The third-order valence-electron chi connectivity index (χ3n) is 5.76. The molecule has 10 nitrogen and oxygen atoms in total. The van der Waals surface area contributed by atoms with Gasteiger partial charge >= 0.3 is 0 Å². The molecule has 0 unspecified atom stereocenters. The molecule has 0 radical (unpaired) electrons. The minimum atomic E-state index is -1.27. The minimum Gasteiger partial charge on any atom is -0.361 e. The molecule has 2 amide bonds. The molecular weight excluding hydrogens is 541 g/mol. The lowest BCUT2D eigenvalue weighted by Gasteiger charge is -2.16. The van der Waals surface area contributed by atoms with E-state index < -0.39 is 19.8 Å². The van der Waals surface area contributed by atoms with Gasteiger partial charge in [-0.15, -0.1) is 0 Å². The SMILES string of the molecule is C[C@@H](Cn1ccc(-c2cc(F)c(C#N)c(Cl)c2)n1)NC(=O)c1cn(COCC[Si](C)(C)C)c(C(=O)N(C)C)n1. The highest BCUT2D eigenvalue weighted by Gasteiger charge is 2.22. The number of hydrogen-bond acceptors (Lipinski definition) is 6. The molecule has 208 valence electrons. The van der Waals surface area contributed by atoms with Crippen LogP contribution in [-0.2, 0) is 18.0 Å². The second-order valence-electron chi connectivity index (χ2n) is 10.7. The molecule has 0 aliphatic carbocycles. The number of aromatic nitrogens is 4. The highest BCUT2D eigenvalue weighted by molar-refractivity contribution is 6.76. The van der Waals surface area contributed by atoms with E-state index in [1.165, 1.54) is 23.2 Å². The summed E-state index contributed by atoms with van der Waals surface area (Å²) in [5.41, 5.74) is 0.790. The van der Waals surface area contributed by atoms with E-state index >= 15 is 0 Å². The average Bonchev–Trinajstić information content (AvgIpc) is 3.48. The number of rotatable bonds is 11. The molecule has 0 aliphatic heterocycles. The lowest BCUT2D eigenvalue weighted by molar-refractivity contribution is 0.0714. The summed E-state index contributed by atoms with van der Waals surface area (Å²) in [5, 5.41) is 16.3. The summed E-state index contributed by atoms with van der Waals surface area (Å²) in [5.74, 6) is -1.37. The van der Waals surface area contributed by atoms with Crippen molar-refractivity contribution in [3.05, 3.63) is 58.5 Å². The molecule has 3 aromatic rings. The number of amides is 2. The van der Waals surface area contributed by atoms with Gasteiger partial charge in [0, 0.05) is 52.8 Å². The van der Waals surface area contributed by atoms with Gasteiger partial charge in [-0.2, -0.15) is 10.4 Å². The van der Waals surface area contributed by atoms with Gasteiger partial charge in [0.1, 0.15) is 29.9 Å². The number of benzene rings is 1. The second-order valence-corrected chi connectivity index (χ2v) is 16.7. The van der Waals surface area contributed by atoms with E-state index in [1.54, 1.807) is 48.6 Å². The number of halogens is 2. The highest BCUT2D eigenvalue weighted by Crippen LogP contribution is 2.26. The largest absolute Gasteiger partial charge is 0.361 e. The predicted octanol–water partition coefficient (Wildman–Crippen LogP) is 4.24. The zero-order chi connectivity index (χ0) is 28.9. The maximum absolute atomic E-state index is 14.1. The fourth-order valence-electron chi connectivity index (χ4n) is 3.60. The van der Waals surface area contributed by atoms with E-state index in [0.717, 1.165) is 6.04 Å². The molecule has 3 rings (SSSR count). The zero-order valence-electron chi connectivity index (χ0n) is 23.0. The predicted molar refractivity (Wildman–Crippen MR) is 149 cm³/mol. The zero-order valence-corrected chi connectivity index (χ0v) is 24.7. The van der Waals surface area contributed by atoms with Crippen LogP contribution in [0.3, 0.4) is 0 Å². The van der Waals surface area contributed by atoms with Crippen LogP contribution in [0.1, 0.15) is 33.6 Å². The first kappa shape index (κ1) is 30.0. The van der Waals surface area contributed by atoms with Gasteiger partial charge < -0.3 is 19.5 Å². The topological polar surface area (TPSA) is 118 Å². The van der Waals surface area contributed by atoms with Gasteiger partial charge in [-0.3, -0.25) is 14.3 Å². The lowest BCUT2D eigenvalue weighted by atomic mass is 10.1. The standard InChI is InChI=1S/C26H33ClFN7O3Si/c1-17(14-35-8-7-22(32-35)18-11-20(27)19(13-29)21(28)12-18)30-25(36)23-15-34(16-38-9-10-39(4,5)6)24(31-23)26(37)33(2)3/h7-8,11-12,15,17H,9-10,14,16H2,1-6H3,(H,30,36)/t17-/m0/s1. The lowest BCUT2D eigenvalue weighted by Crippen LogP contribution is -2.36. The van der Waals surface area contributed by atoms with Crippen LogP contribution >= 0.6 is 11.6 Å². The van der Waals surface area contributed by atoms with Crippen molar-refractivity contribution in [2.45, 2.75) is 51.9 Å². The van der Waals surface area contributed by atoms with Gasteiger partial charge in [0.2, 0.25) is 5.82 Å². The Kier molecular flexibility index (Phi) is 9.66. The second kappa shape index (κ2) is 12.5. The van der Waals surface area contributed by atoms with Gasteiger partial charge in [-0.05, 0) is 31.2 Å². The molecule has 0 aliphatic rings. The summed E-state index contributed by atoms with van der Waals surface area (Å²) >= 11 is 6.01. The third kappa shape index (κ3) is 7.98. The summed E-state index contributed by atoms with van der Waals surface area (Å²) in [6, 6.07) is 6.74. The van der Waals surface area contributed by atoms with E-state index in [9.17, 15) is 14.0 Å². The maximum atomic E-state index is 14.1. The van der Waals surface area contributed by atoms with Gasteiger partial charge in [-0.1, -0.05) is 31.2 Å². The summed E-state index contributed by atoms with van der Waals surface area (Å²) in [6.45, 7) is 9.57. The van der Waals surface area contributed by atoms with Crippen LogP contribution in [0.5, 0.6) is 0 Å². The van der Waals surface area contributed by atoms with Gasteiger partial charge in [0.25, 0.3) is 11.8 Å². The number of nitrogens with one attached hydrogen (secondary N) is 1. The molecule has 0 saturated heterocycles. The van der Waals surface area contributed by atoms with Crippen molar-refractivity contribution in [1.82, 2.24) is 29.5 Å². The van der Waals surface area contributed by atoms with Gasteiger partial charge in [-0.25, -0.2) is 9.37 Å². The fourth-order valence-corrected chi connectivity index (χ4v) is 4.61. The summed E-state index contributed by atoms with van der Waals surface area (Å²) in [4.78, 5) is 31.3. The summed E-state index contributed by atoms with van der Waals surface area (Å²) in [7, 11) is 1.97. The Hall–Kier alpha value is -3.53.